The van der Waals surface area contributed by atoms with Gasteiger partial charge in [0.05, 0.1) is 0 Å². The van der Waals surface area contributed by atoms with Crippen molar-refractivity contribution < 1.29 is 5.11 Å². The Morgan fingerprint density at radius 3 is 2.08 bits per heavy atom. The molecule has 0 aromatic heterocycles. The van der Waals surface area contributed by atoms with Crippen LogP contribution in [0.25, 0.3) is 0 Å². The zero-order chi connectivity index (χ0) is 18.3. The largest absolute Gasteiger partial charge is 0.508 e. The number of aromatic hydroxyl groups is 1. The normalized spacial score (nSPS) is 12.5. The van der Waals surface area contributed by atoms with Crippen LogP contribution in [0, 0.1) is 0 Å². The van der Waals surface area contributed by atoms with Gasteiger partial charge in [0.1, 0.15) is 5.75 Å². The van der Waals surface area contributed by atoms with Crippen LogP contribution >= 0.6 is 34.8 Å². The predicted molar refractivity (Wildman–Crippen MR) is 105 cm³/mol. The average Bonchev–Trinajstić information content (AvgIpc) is 2.43. The third kappa shape index (κ3) is 4.20. The highest BCUT2D eigenvalue weighted by Crippen LogP contribution is 2.40. The second-order valence-electron chi connectivity index (χ2n) is 7.90. The Morgan fingerprint density at radius 1 is 0.875 bits per heavy atom. The van der Waals surface area contributed by atoms with Gasteiger partial charge in [0.2, 0.25) is 0 Å². The quantitative estimate of drug-likeness (QED) is 0.593. The van der Waals surface area contributed by atoms with E-state index in [4.69, 9.17) is 34.8 Å². The summed E-state index contributed by atoms with van der Waals surface area (Å²) in [7, 11) is 0. The van der Waals surface area contributed by atoms with E-state index >= 15 is 0 Å². The molecule has 0 saturated carbocycles. The van der Waals surface area contributed by atoms with Crippen LogP contribution < -0.4 is 0 Å². The van der Waals surface area contributed by atoms with E-state index in [1.807, 2.05) is 12.1 Å². The first-order valence-corrected chi connectivity index (χ1v) is 9.02. The summed E-state index contributed by atoms with van der Waals surface area (Å²) in [6.45, 7) is 10.4. The lowest BCUT2D eigenvalue weighted by Gasteiger charge is -2.29. The monoisotopic (exact) mass is 384 g/mol. The van der Waals surface area contributed by atoms with Gasteiger partial charge in [0.25, 0.3) is 0 Å². The SMILES string of the molecule is CC(C)(C)c1cc(O)cc(CC(C)(C)c2cc(Cl)ccc2Cl)c1Cl. The molecule has 2 aromatic carbocycles. The van der Waals surface area contributed by atoms with Crippen LogP contribution in [0.15, 0.2) is 30.3 Å². The Kier molecular flexibility index (Phi) is 5.49. The van der Waals surface area contributed by atoms with Crippen LogP contribution in [0.5, 0.6) is 5.75 Å². The summed E-state index contributed by atoms with van der Waals surface area (Å²) in [5.41, 5.74) is 2.37. The van der Waals surface area contributed by atoms with E-state index in [-0.39, 0.29) is 16.6 Å². The van der Waals surface area contributed by atoms with Crippen molar-refractivity contribution in [2.24, 2.45) is 0 Å². The number of hydrogen-bond donors (Lipinski definition) is 1. The average molecular weight is 386 g/mol. The topological polar surface area (TPSA) is 20.2 Å². The first-order valence-electron chi connectivity index (χ1n) is 7.89. The molecule has 0 aliphatic heterocycles. The lowest BCUT2D eigenvalue weighted by molar-refractivity contribution is 0.466. The Balaban J connectivity index is 2.50. The van der Waals surface area contributed by atoms with E-state index < -0.39 is 0 Å². The van der Waals surface area contributed by atoms with Gasteiger partial charge >= 0.3 is 0 Å². The van der Waals surface area contributed by atoms with E-state index in [0.29, 0.717) is 21.5 Å². The molecule has 130 valence electrons. The maximum absolute atomic E-state index is 10.1. The van der Waals surface area contributed by atoms with Gasteiger partial charge in [-0.1, -0.05) is 69.4 Å². The van der Waals surface area contributed by atoms with Crippen molar-refractivity contribution in [2.75, 3.05) is 0 Å². The minimum Gasteiger partial charge on any atom is -0.508 e. The Labute approximate surface area is 159 Å². The van der Waals surface area contributed by atoms with Crippen molar-refractivity contribution in [1.82, 2.24) is 0 Å². The Bertz CT molecular complexity index is 758. The van der Waals surface area contributed by atoms with Gasteiger partial charge in [-0.15, -0.1) is 0 Å². The van der Waals surface area contributed by atoms with E-state index in [1.54, 1.807) is 18.2 Å². The fourth-order valence-corrected chi connectivity index (χ4v) is 3.93. The number of rotatable bonds is 3. The molecule has 0 bridgehead atoms. The van der Waals surface area contributed by atoms with Gasteiger partial charge in [-0.05, 0) is 64.3 Å². The van der Waals surface area contributed by atoms with Gasteiger partial charge in [-0.25, -0.2) is 0 Å². The molecule has 4 heteroatoms. The lowest BCUT2D eigenvalue weighted by Crippen LogP contribution is -2.22. The molecule has 0 unspecified atom stereocenters. The standard InChI is InChI=1S/C20H23Cl3O/c1-19(2,3)16-10-14(24)8-12(18(16)23)11-20(4,5)15-9-13(21)6-7-17(15)22/h6-10,24H,11H2,1-5H3. The molecule has 0 heterocycles. The number of phenols is 1. The molecule has 0 radical (unpaired) electrons. The molecule has 0 saturated heterocycles. The summed E-state index contributed by atoms with van der Waals surface area (Å²) >= 11 is 19.2. The van der Waals surface area contributed by atoms with E-state index in [9.17, 15) is 5.11 Å². The molecule has 0 atom stereocenters. The zero-order valence-electron chi connectivity index (χ0n) is 14.7. The van der Waals surface area contributed by atoms with Crippen molar-refractivity contribution in [2.45, 2.75) is 51.9 Å². The van der Waals surface area contributed by atoms with Gasteiger partial charge < -0.3 is 5.11 Å². The highest BCUT2D eigenvalue weighted by atomic mass is 35.5. The third-order valence-electron chi connectivity index (χ3n) is 4.23. The molecular formula is C20H23Cl3O. The van der Waals surface area contributed by atoms with Crippen molar-refractivity contribution >= 4 is 34.8 Å². The number of phenolic OH excluding ortho intramolecular Hbond substituents is 1. The predicted octanol–water partition coefficient (Wildman–Crippen LogP) is 7.17. The smallest absolute Gasteiger partial charge is 0.116 e. The molecule has 0 aliphatic rings. The second-order valence-corrected chi connectivity index (χ2v) is 9.12. The molecule has 2 aromatic rings. The maximum Gasteiger partial charge on any atom is 0.116 e. The van der Waals surface area contributed by atoms with Crippen LogP contribution in [-0.4, -0.2) is 5.11 Å². The van der Waals surface area contributed by atoms with Gasteiger partial charge in [-0.2, -0.15) is 0 Å². The maximum atomic E-state index is 10.1. The highest BCUT2D eigenvalue weighted by Gasteiger charge is 2.28. The van der Waals surface area contributed by atoms with Crippen molar-refractivity contribution in [3.63, 3.8) is 0 Å². The molecule has 0 spiro atoms. The lowest BCUT2D eigenvalue weighted by atomic mass is 9.77. The molecule has 24 heavy (non-hydrogen) atoms. The Morgan fingerprint density at radius 2 is 1.50 bits per heavy atom. The summed E-state index contributed by atoms with van der Waals surface area (Å²) in [4.78, 5) is 0. The van der Waals surface area contributed by atoms with Gasteiger partial charge in [0.15, 0.2) is 0 Å². The third-order valence-corrected chi connectivity index (χ3v) is 5.24. The van der Waals surface area contributed by atoms with E-state index in [0.717, 1.165) is 16.7 Å². The summed E-state index contributed by atoms with van der Waals surface area (Å²) in [5.74, 6) is 0.229. The van der Waals surface area contributed by atoms with Crippen molar-refractivity contribution in [3.8, 4) is 5.75 Å². The van der Waals surface area contributed by atoms with Crippen molar-refractivity contribution in [3.05, 3.63) is 62.1 Å². The van der Waals surface area contributed by atoms with Crippen LogP contribution in [0.2, 0.25) is 15.1 Å². The number of halogens is 3. The summed E-state index contributed by atoms with van der Waals surface area (Å²) in [6.07, 6.45) is 0.642. The van der Waals surface area contributed by atoms with Crippen LogP contribution in [0.1, 0.15) is 51.3 Å². The molecule has 0 amide bonds. The number of benzene rings is 2. The van der Waals surface area contributed by atoms with Crippen LogP contribution in [0.3, 0.4) is 0 Å². The molecular weight excluding hydrogens is 363 g/mol. The van der Waals surface area contributed by atoms with E-state index in [2.05, 4.69) is 34.6 Å². The highest BCUT2D eigenvalue weighted by molar-refractivity contribution is 6.33. The molecule has 0 fully saturated rings. The number of hydrogen-bond acceptors (Lipinski definition) is 1. The Hall–Kier alpha value is -0.890. The fraction of sp³-hybridized carbons (Fsp3) is 0.400. The second kappa shape index (κ2) is 6.78. The van der Waals surface area contributed by atoms with Gasteiger partial charge in [-0.3, -0.25) is 0 Å². The molecule has 1 N–H and O–H groups in total. The van der Waals surface area contributed by atoms with Crippen molar-refractivity contribution in [1.29, 1.82) is 0 Å². The first-order chi connectivity index (χ1) is 10.9. The summed E-state index contributed by atoms with van der Waals surface area (Å²) in [5, 5.41) is 12.2. The molecule has 0 aliphatic carbocycles. The summed E-state index contributed by atoms with van der Waals surface area (Å²) < 4.78 is 0. The minimum absolute atomic E-state index is 0.150. The van der Waals surface area contributed by atoms with E-state index in [1.165, 1.54) is 0 Å². The van der Waals surface area contributed by atoms with Crippen LogP contribution in [0.4, 0.5) is 0 Å². The zero-order valence-corrected chi connectivity index (χ0v) is 16.9. The molecule has 1 nitrogen and oxygen atoms in total. The minimum atomic E-state index is -0.283. The van der Waals surface area contributed by atoms with Crippen LogP contribution in [-0.2, 0) is 17.3 Å². The fourth-order valence-electron chi connectivity index (χ4n) is 2.93. The van der Waals surface area contributed by atoms with Gasteiger partial charge in [0, 0.05) is 15.1 Å². The molecule has 2 rings (SSSR count). The first kappa shape index (κ1) is 19.4. The summed E-state index contributed by atoms with van der Waals surface area (Å²) in [6, 6.07) is 8.96.